The van der Waals surface area contributed by atoms with Crippen molar-refractivity contribution in [2.24, 2.45) is 0 Å². The second-order valence-corrected chi connectivity index (χ2v) is 5.10. The summed E-state index contributed by atoms with van der Waals surface area (Å²) in [5.74, 6) is -6.39. The molecule has 3 nitrogen and oxygen atoms in total. The predicted molar refractivity (Wildman–Crippen MR) is 64.0 cm³/mol. The summed E-state index contributed by atoms with van der Waals surface area (Å²) in [6, 6.07) is 1.65. The third-order valence-corrected chi connectivity index (χ3v) is 3.60. The minimum Gasteiger partial charge on any atom is -0.292 e. The van der Waals surface area contributed by atoms with Gasteiger partial charge in [-0.15, -0.1) is 0 Å². The topological polar surface area (TPSA) is 34.9 Å². The first-order valence-electron chi connectivity index (χ1n) is 6.64. The molecular formula is C13H16F4N2O. The highest BCUT2D eigenvalue weighted by Crippen LogP contribution is 2.28. The fourth-order valence-corrected chi connectivity index (χ4v) is 2.42. The van der Waals surface area contributed by atoms with Gasteiger partial charge >= 0.3 is 12.3 Å². The van der Waals surface area contributed by atoms with Crippen LogP contribution in [0.25, 0.3) is 0 Å². The molecule has 1 saturated carbocycles. The van der Waals surface area contributed by atoms with Crippen LogP contribution in [0.2, 0.25) is 0 Å². The zero-order chi connectivity index (χ0) is 14.8. The highest BCUT2D eigenvalue weighted by Gasteiger charge is 2.48. The van der Waals surface area contributed by atoms with Crippen molar-refractivity contribution in [1.82, 2.24) is 9.78 Å². The van der Waals surface area contributed by atoms with Gasteiger partial charge in [0.25, 0.3) is 0 Å². The number of aromatic nitrogens is 2. The number of alkyl halides is 4. The van der Waals surface area contributed by atoms with Gasteiger partial charge in [-0.25, -0.2) is 8.78 Å². The molecule has 0 bridgehead atoms. The number of carbonyl (C=O) groups excluding carboxylic acids is 1. The summed E-state index contributed by atoms with van der Waals surface area (Å²) in [6.45, 7) is 0. The van der Waals surface area contributed by atoms with Gasteiger partial charge in [-0.2, -0.15) is 13.9 Å². The number of halogens is 4. The summed E-state index contributed by atoms with van der Waals surface area (Å²) in [4.78, 5) is 11.2. The first kappa shape index (κ1) is 15.0. The van der Waals surface area contributed by atoms with Crippen molar-refractivity contribution in [3.8, 4) is 0 Å². The lowest BCUT2D eigenvalue weighted by Gasteiger charge is -2.21. The molecule has 0 unspecified atom stereocenters. The molecule has 0 N–H and O–H groups in total. The van der Waals surface area contributed by atoms with E-state index in [1.807, 2.05) is 0 Å². The normalized spacial score (nSPS) is 17.6. The molecular weight excluding hydrogens is 276 g/mol. The first-order valence-corrected chi connectivity index (χ1v) is 6.64. The molecule has 1 aromatic rings. The molecule has 0 aliphatic heterocycles. The number of hydrogen-bond acceptors (Lipinski definition) is 2. The highest BCUT2D eigenvalue weighted by atomic mass is 19.3. The summed E-state index contributed by atoms with van der Waals surface area (Å²) < 4.78 is 51.5. The van der Waals surface area contributed by atoms with Gasteiger partial charge < -0.3 is 0 Å². The van der Waals surface area contributed by atoms with Crippen molar-refractivity contribution in [2.45, 2.75) is 56.9 Å². The molecule has 0 spiro atoms. The summed E-state index contributed by atoms with van der Waals surface area (Å²) in [5, 5.41) is 4.06. The number of ketones is 1. The van der Waals surface area contributed by atoms with Crippen LogP contribution >= 0.6 is 0 Å². The second-order valence-electron chi connectivity index (χ2n) is 5.10. The lowest BCUT2D eigenvalue weighted by molar-refractivity contribution is -0.166. The van der Waals surface area contributed by atoms with E-state index in [1.54, 1.807) is 10.9 Å². The van der Waals surface area contributed by atoms with E-state index in [1.165, 1.54) is 12.5 Å². The Bertz CT molecular complexity index is 467. The van der Waals surface area contributed by atoms with Crippen LogP contribution in [-0.2, 0) is 11.2 Å². The van der Waals surface area contributed by atoms with E-state index in [-0.39, 0.29) is 11.7 Å². The number of hydrogen-bond donors (Lipinski definition) is 0. The van der Waals surface area contributed by atoms with Crippen LogP contribution in [0, 0.1) is 0 Å². The third kappa shape index (κ3) is 3.19. The van der Waals surface area contributed by atoms with Crippen LogP contribution in [0.3, 0.4) is 0 Å². The molecule has 112 valence electrons. The molecule has 7 heteroatoms. The largest absolute Gasteiger partial charge is 0.364 e. The van der Waals surface area contributed by atoms with Crippen molar-refractivity contribution in [3.05, 3.63) is 18.0 Å². The molecule has 0 radical (unpaired) electrons. The Kier molecular flexibility index (Phi) is 4.45. The molecule has 20 heavy (non-hydrogen) atoms. The minimum absolute atomic E-state index is 0.112. The summed E-state index contributed by atoms with van der Waals surface area (Å²) >= 11 is 0. The third-order valence-electron chi connectivity index (χ3n) is 3.60. The Morgan fingerprint density at radius 2 is 2.00 bits per heavy atom. The van der Waals surface area contributed by atoms with Gasteiger partial charge in [0.1, 0.15) is 0 Å². The van der Waals surface area contributed by atoms with Crippen LogP contribution in [0.5, 0.6) is 0 Å². The zero-order valence-electron chi connectivity index (χ0n) is 10.9. The summed E-state index contributed by atoms with van der Waals surface area (Å²) in [7, 11) is 0. The van der Waals surface area contributed by atoms with Crippen molar-refractivity contribution in [3.63, 3.8) is 0 Å². The maximum absolute atomic E-state index is 12.9. The van der Waals surface area contributed by atoms with E-state index in [9.17, 15) is 22.4 Å². The quantitative estimate of drug-likeness (QED) is 0.780. The maximum Gasteiger partial charge on any atom is 0.364 e. The van der Waals surface area contributed by atoms with E-state index in [0.717, 1.165) is 25.7 Å². The van der Waals surface area contributed by atoms with E-state index >= 15 is 0 Å². The van der Waals surface area contributed by atoms with Crippen LogP contribution in [-0.4, -0.2) is 27.9 Å². The molecule has 0 aromatic carbocycles. The van der Waals surface area contributed by atoms with Gasteiger partial charge in [0.05, 0.1) is 18.2 Å². The minimum atomic E-state index is -4.60. The van der Waals surface area contributed by atoms with Gasteiger partial charge in [0.15, 0.2) is 0 Å². The van der Waals surface area contributed by atoms with Crippen molar-refractivity contribution < 1.29 is 22.4 Å². The van der Waals surface area contributed by atoms with Crippen LogP contribution < -0.4 is 0 Å². The Hall–Kier alpha value is -1.40. The van der Waals surface area contributed by atoms with Gasteiger partial charge in [-0.3, -0.25) is 9.48 Å². The van der Waals surface area contributed by atoms with Gasteiger partial charge in [-0.1, -0.05) is 19.3 Å². The van der Waals surface area contributed by atoms with Gasteiger partial charge in [-0.05, 0) is 18.9 Å². The fraction of sp³-hybridized carbons (Fsp3) is 0.692. The lowest BCUT2D eigenvalue weighted by atomic mass is 9.96. The monoisotopic (exact) mass is 292 g/mol. The fourth-order valence-electron chi connectivity index (χ4n) is 2.42. The van der Waals surface area contributed by atoms with E-state index in [2.05, 4.69) is 5.10 Å². The SMILES string of the molecule is O=C(Cc1ccn(C2CCCCC2)n1)C(F)(F)C(F)F. The first-order chi connectivity index (χ1) is 9.41. The Labute approximate surface area is 114 Å². The average Bonchev–Trinajstić information content (AvgIpc) is 2.88. The highest BCUT2D eigenvalue weighted by molar-refractivity contribution is 5.87. The second kappa shape index (κ2) is 5.93. The average molecular weight is 292 g/mol. The van der Waals surface area contributed by atoms with E-state index in [0.29, 0.717) is 0 Å². The van der Waals surface area contributed by atoms with Crippen molar-refractivity contribution in [2.75, 3.05) is 0 Å². The molecule has 1 aliphatic rings. The Balaban J connectivity index is 2.00. The molecule has 2 rings (SSSR count). The Morgan fingerprint density at radius 3 is 2.60 bits per heavy atom. The molecule has 0 amide bonds. The molecule has 0 atom stereocenters. The molecule has 1 heterocycles. The van der Waals surface area contributed by atoms with Crippen LogP contribution in [0.1, 0.15) is 43.8 Å². The molecule has 1 aromatic heterocycles. The van der Waals surface area contributed by atoms with Crippen LogP contribution in [0.15, 0.2) is 12.3 Å². The zero-order valence-corrected chi connectivity index (χ0v) is 10.9. The molecule has 1 aliphatic carbocycles. The molecule has 1 fully saturated rings. The van der Waals surface area contributed by atoms with Crippen molar-refractivity contribution in [1.29, 1.82) is 0 Å². The predicted octanol–water partition coefficient (Wildman–Crippen LogP) is 3.40. The summed E-state index contributed by atoms with van der Waals surface area (Å²) in [6.07, 6.45) is 2.14. The standard InChI is InChI=1S/C13H16F4N2O/c14-12(15)13(16,17)11(20)8-9-6-7-19(18-9)10-4-2-1-3-5-10/h6-7,10,12H,1-5,8H2. The number of nitrogens with zero attached hydrogens (tertiary/aromatic N) is 2. The number of Topliss-reactive ketones (excluding diaryl/α,β-unsaturated/α-hetero) is 1. The summed E-state index contributed by atoms with van der Waals surface area (Å²) in [5.41, 5.74) is 0.112. The Morgan fingerprint density at radius 1 is 1.35 bits per heavy atom. The van der Waals surface area contributed by atoms with Crippen LogP contribution in [0.4, 0.5) is 17.6 Å². The smallest absolute Gasteiger partial charge is 0.292 e. The molecule has 0 saturated heterocycles. The lowest BCUT2D eigenvalue weighted by Crippen LogP contribution is -2.37. The van der Waals surface area contributed by atoms with Crippen molar-refractivity contribution >= 4 is 5.78 Å². The number of carbonyl (C=O) groups is 1. The van der Waals surface area contributed by atoms with E-state index in [4.69, 9.17) is 0 Å². The number of rotatable bonds is 5. The van der Waals surface area contributed by atoms with Gasteiger partial charge in [0, 0.05) is 6.20 Å². The maximum atomic E-state index is 12.9. The van der Waals surface area contributed by atoms with Gasteiger partial charge in [0.2, 0.25) is 5.78 Å². The van der Waals surface area contributed by atoms with E-state index < -0.39 is 24.6 Å².